The van der Waals surface area contributed by atoms with E-state index >= 15 is 0 Å². The van der Waals surface area contributed by atoms with Crippen molar-refractivity contribution in [3.05, 3.63) is 35.9 Å². The first-order valence-corrected chi connectivity index (χ1v) is 10.1. The van der Waals surface area contributed by atoms with Crippen LogP contribution in [0, 0.1) is 5.92 Å². The van der Waals surface area contributed by atoms with Gasteiger partial charge in [-0.15, -0.1) is 0 Å². The topological polar surface area (TPSA) is 87.7 Å². The minimum atomic E-state index is -0.682. The summed E-state index contributed by atoms with van der Waals surface area (Å²) in [5.74, 6) is -0.0479. The third kappa shape index (κ3) is 5.71. The number of carbonyl (C=O) groups excluding carboxylic acids is 3. The van der Waals surface area contributed by atoms with Gasteiger partial charge in [-0.2, -0.15) is 0 Å². The van der Waals surface area contributed by atoms with Crippen molar-refractivity contribution in [2.75, 3.05) is 19.7 Å². The Bertz CT molecular complexity index is 682. The summed E-state index contributed by atoms with van der Waals surface area (Å²) in [7, 11) is 0. The zero-order valence-electron chi connectivity index (χ0n) is 16.4. The van der Waals surface area contributed by atoms with Gasteiger partial charge in [0.25, 0.3) is 0 Å². The Morgan fingerprint density at radius 2 is 1.79 bits per heavy atom. The van der Waals surface area contributed by atoms with Crippen LogP contribution in [0.5, 0.6) is 0 Å². The molecule has 1 saturated heterocycles. The third-order valence-electron chi connectivity index (χ3n) is 5.25. The highest BCUT2D eigenvalue weighted by molar-refractivity contribution is 5.86. The van der Waals surface area contributed by atoms with Crippen molar-refractivity contribution in [3.8, 4) is 0 Å². The van der Waals surface area contributed by atoms with Crippen LogP contribution in [0.25, 0.3) is 0 Å². The van der Waals surface area contributed by atoms with Gasteiger partial charge in [0.2, 0.25) is 11.8 Å². The van der Waals surface area contributed by atoms with Gasteiger partial charge >= 0.3 is 6.09 Å². The number of carbonyl (C=O) groups is 3. The van der Waals surface area contributed by atoms with Crippen molar-refractivity contribution in [2.24, 2.45) is 5.92 Å². The first-order chi connectivity index (χ1) is 13.6. The van der Waals surface area contributed by atoms with Gasteiger partial charge in [-0.1, -0.05) is 30.3 Å². The number of nitrogens with one attached hydrogen (secondary N) is 2. The van der Waals surface area contributed by atoms with E-state index in [0.29, 0.717) is 38.4 Å². The molecular formula is C21H29N3O4. The molecule has 28 heavy (non-hydrogen) atoms. The molecule has 7 heteroatoms. The molecule has 2 fully saturated rings. The molecule has 1 heterocycles. The Balaban J connectivity index is 1.58. The highest BCUT2D eigenvalue weighted by atomic mass is 16.5. The molecule has 0 spiro atoms. The largest absolute Gasteiger partial charge is 0.450 e. The molecule has 0 radical (unpaired) electrons. The predicted molar refractivity (Wildman–Crippen MR) is 105 cm³/mol. The van der Waals surface area contributed by atoms with Crippen LogP contribution in [0.1, 0.15) is 38.2 Å². The first-order valence-electron chi connectivity index (χ1n) is 10.1. The van der Waals surface area contributed by atoms with Gasteiger partial charge in [-0.3, -0.25) is 9.59 Å². The maximum atomic E-state index is 13.1. The zero-order valence-corrected chi connectivity index (χ0v) is 16.4. The molecular weight excluding hydrogens is 358 g/mol. The van der Waals surface area contributed by atoms with Gasteiger partial charge in [-0.25, -0.2) is 4.79 Å². The Morgan fingerprint density at radius 3 is 2.39 bits per heavy atom. The standard InChI is InChI=1S/C21H29N3O4/c1-2-28-21(27)23-18(14-15-6-4-3-5-7-15)20(26)24-12-10-16(11-13-24)19(25)22-17-8-9-17/h3-7,16-18H,2,8-14H2,1H3,(H,22,25)(H,23,27)/t18-/m1/s1. The van der Waals surface area contributed by atoms with Gasteiger partial charge < -0.3 is 20.3 Å². The highest BCUT2D eigenvalue weighted by Crippen LogP contribution is 2.23. The summed E-state index contributed by atoms with van der Waals surface area (Å²) in [6, 6.07) is 9.27. The van der Waals surface area contributed by atoms with Gasteiger partial charge in [-0.05, 0) is 38.2 Å². The van der Waals surface area contributed by atoms with E-state index in [1.807, 2.05) is 30.3 Å². The molecule has 0 bridgehead atoms. The lowest BCUT2D eigenvalue weighted by Gasteiger charge is -2.34. The Labute approximate surface area is 165 Å². The maximum Gasteiger partial charge on any atom is 0.407 e. The monoisotopic (exact) mass is 387 g/mol. The Kier molecular flexibility index (Phi) is 6.90. The minimum Gasteiger partial charge on any atom is -0.450 e. The van der Waals surface area contributed by atoms with Crippen LogP contribution in [-0.4, -0.2) is 54.6 Å². The van der Waals surface area contributed by atoms with Crippen molar-refractivity contribution in [1.29, 1.82) is 0 Å². The molecule has 1 atom stereocenters. The summed E-state index contributed by atoms with van der Waals surface area (Å²) in [6.45, 7) is 3.03. The zero-order chi connectivity index (χ0) is 19.9. The molecule has 1 aliphatic heterocycles. The quantitative estimate of drug-likeness (QED) is 0.748. The second-order valence-electron chi connectivity index (χ2n) is 7.49. The van der Waals surface area contributed by atoms with E-state index in [-0.39, 0.29) is 24.3 Å². The smallest absolute Gasteiger partial charge is 0.407 e. The van der Waals surface area contributed by atoms with Crippen LogP contribution in [0.15, 0.2) is 30.3 Å². The van der Waals surface area contributed by atoms with Gasteiger partial charge in [0, 0.05) is 31.5 Å². The number of nitrogens with zero attached hydrogens (tertiary/aromatic N) is 1. The van der Waals surface area contributed by atoms with Crippen LogP contribution < -0.4 is 10.6 Å². The second kappa shape index (κ2) is 9.57. The fourth-order valence-corrected chi connectivity index (χ4v) is 3.49. The lowest BCUT2D eigenvalue weighted by Crippen LogP contribution is -2.52. The van der Waals surface area contributed by atoms with E-state index in [0.717, 1.165) is 18.4 Å². The molecule has 152 valence electrons. The molecule has 1 aromatic carbocycles. The molecule has 7 nitrogen and oxygen atoms in total. The molecule has 1 aromatic rings. The average molecular weight is 387 g/mol. The summed E-state index contributed by atoms with van der Waals surface area (Å²) in [6.07, 6.45) is 3.27. The number of rotatable bonds is 7. The predicted octanol–water partition coefficient (Wildman–Crippen LogP) is 1.86. The number of likely N-dealkylation sites (tertiary alicyclic amines) is 1. The van der Waals surface area contributed by atoms with Crippen molar-refractivity contribution in [1.82, 2.24) is 15.5 Å². The van der Waals surface area contributed by atoms with E-state index in [4.69, 9.17) is 4.74 Å². The summed E-state index contributed by atoms with van der Waals surface area (Å²) in [5, 5.41) is 5.75. The van der Waals surface area contributed by atoms with Crippen molar-refractivity contribution >= 4 is 17.9 Å². The maximum absolute atomic E-state index is 13.1. The van der Waals surface area contributed by atoms with Crippen LogP contribution in [0.2, 0.25) is 0 Å². The summed E-state index contributed by atoms with van der Waals surface area (Å²) < 4.78 is 4.97. The molecule has 1 aliphatic carbocycles. The fourth-order valence-electron chi connectivity index (χ4n) is 3.49. The Morgan fingerprint density at radius 1 is 1.11 bits per heavy atom. The van der Waals surface area contributed by atoms with Crippen LogP contribution in [-0.2, 0) is 20.7 Å². The number of ether oxygens (including phenoxy) is 1. The molecule has 0 aromatic heterocycles. The number of piperidine rings is 1. The third-order valence-corrected chi connectivity index (χ3v) is 5.25. The van der Waals surface area contributed by atoms with E-state index in [1.54, 1.807) is 11.8 Å². The number of amides is 3. The second-order valence-corrected chi connectivity index (χ2v) is 7.49. The molecule has 2 aliphatic rings. The van der Waals surface area contributed by atoms with Gasteiger partial charge in [0.1, 0.15) is 6.04 Å². The highest BCUT2D eigenvalue weighted by Gasteiger charge is 2.33. The Hall–Kier alpha value is -2.57. The van der Waals surface area contributed by atoms with Gasteiger partial charge in [0.15, 0.2) is 0 Å². The summed E-state index contributed by atoms with van der Waals surface area (Å²) in [4.78, 5) is 39.0. The van der Waals surface area contributed by atoms with E-state index < -0.39 is 12.1 Å². The number of hydrogen-bond acceptors (Lipinski definition) is 4. The van der Waals surface area contributed by atoms with Crippen molar-refractivity contribution in [2.45, 2.75) is 51.1 Å². The SMILES string of the molecule is CCOC(=O)N[C@H](Cc1ccccc1)C(=O)N1CCC(C(=O)NC2CC2)CC1. The molecule has 3 amide bonds. The molecule has 1 saturated carbocycles. The van der Waals surface area contributed by atoms with Gasteiger partial charge in [0.05, 0.1) is 6.61 Å². The normalized spacial score (nSPS) is 18.2. The first kappa shape index (κ1) is 20.2. The lowest BCUT2D eigenvalue weighted by atomic mass is 9.95. The van der Waals surface area contributed by atoms with Crippen molar-refractivity contribution < 1.29 is 19.1 Å². The summed E-state index contributed by atoms with van der Waals surface area (Å²) in [5.41, 5.74) is 0.969. The number of benzene rings is 1. The van der Waals surface area contributed by atoms with Crippen molar-refractivity contribution in [3.63, 3.8) is 0 Å². The summed E-state index contributed by atoms with van der Waals surface area (Å²) >= 11 is 0. The number of alkyl carbamates (subject to hydrolysis) is 1. The average Bonchev–Trinajstić information content (AvgIpc) is 3.52. The molecule has 3 rings (SSSR count). The van der Waals surface area contributed by atoms with Crippen LogP contribution in [0.3, 0.4) is 0 Å². The van der Waals surface area contributed by atoms with E-state index in [9.17, 15) is 14.4 Å². The molecule has 0 unspecified atom stereocenters. The van der Waals surface area contributed by atoms with Crippen LogP contribution >= 0.6 is 0 Å². The van der Waals surface area contributed by atoms with E-state index in [2.05, 4.69) is 10.6 Å². The lowest BCUT2D eigenvalue weighted by molar-refractivity contribution is -0.137. The number of hydrogen-bond donors (Lipinski definition) is 2. The molecule has 2 N–H and O–H groups in total. The fraction of sp³-hybridized carbons (Fsp3) is 0.571. The minimum absolute atomic E-state index is 0.0322. The van der Waals surface area contributed by atoms with E-state index in [1.165, 1.54) is 0 Å². The van der Waals surface area contributed by atoms with Crippen LogP contribution in [0.4, 0.5) is 4.79 Å².